The number of hydrogen-bond acceptors (Lipinski definition) is 0. The van der Waals surface area contributed by atoms with Crippen LogP contribution in [0.3, 0.4) is 0 Å². The van der Waals surface area contributed by atoms with Crippen LogP contribution < -0.4 is 0 Å². The van der Waals surface area contributed by atoms with Crippen LogP contribution >= 0.6 is 0 Å². The summed E-state index contributed by atoms with van der Waals surface area (Å²) in [6, 6.07) is 17.1. The molecule has 0 amide bonds. The van der Waals surface area contributed by atoms with Crippen molar-refractivity contribution in [3.8, 4) is 0 Å². The van der Waals surface area contributed by atoms with Gasteiger partial charge in [0.05, 0.1) is 8.07 Å². The minimum atomic E-state index is -1.22. The third kappa shape index (κ3) is 3.94. The van der Waals surface area contributed by atoms with Crippen LogP contribution in [0.1, 0.15) is 59.9 Å². The van der Waals surface area contributed by atoms with Gasteiger partial charge in [0.25, 0.3) is 0 Å². The first-order valence-electron chi connectivity index (χ1n) is 9.86. The van der Waals surface area contributed by atoms with Crippen LogP contribution in [-0.2, 0) is 6.42 Å². The standard InChI is InChI=1S/C23H36Si/c1-18(2)24(19(3)4,20(5)6)17-10-9-13-22-15-11-14-21-12-7-8-16-23(21)22/h7-8,11-12,14-16,18-20H,9-10,13,17H2,1-6H3. The van der Waals surface area contributed by atoms with Crippen LogP contribution in [0.25, 0.3) is 10.8 Å². The van der Waals surface area contributed by atoms with Crippen LogP contribution in [-0.4, -0.2) is 8.07 Å². The topological polar surface area (TPSA) is 0 Å². The maximum atomic E-state index is 2.48. The van der Waals surface area contributed by atoms with E-state index in [9.17, 15) is 0 Å². The second kappa shape index (κ2) is 8.34. The van der Waals surface area contributed by atoms with Gasteiger partial charge in [0.1, 0.15) is 0 Å². The van der Waals surface area contributed by atoms with Gasteiger partial charge in [-0.15, -0.1) is 0 Å². The Balaban J connectivity index is 2.03. The van der Waals surface area contributed by atoms with Crippen molar-refractivity contribution >= 4 is 18.8 Å². The van der Waals surface area contributed by atoms with Crippen LogP contribution in [0.4, 0.5) is 0 Å². The number of unbranched alkanes of at least 4 members (excludes halogenated alkanes) is 1. The highest BCUT2D eigenvalue weighted by Gasteiger charge is 2.41. The molecule has 0 saturated carbocycles. The predicted octanol–water partition coefficient (Wildman–Crippen LogP) is 7.84. The molecule has 24 heavy (non-hydrogen) atoms. The molecule has 132 valence electrons. The first-order valence-corrected chi connectivity index (χ1v) is 12.3. The zero-order valence-corrected chi connectivity index (χ0v) is 17.6. The van der Waals surface area contributed by atoms with Crippen LogP contribution in [0.2, 0.25) is 22.7 Å². The second-order valence-corrected chi connectivity index (χ2v) is 14.6. The van der Waals surface area contributed by atoms with Crippen molar-refractivity contribution in [2.24, 2.45) is 0 Å². The van der Waals surface area contributed by atoms with Gasteiger partial charge in [-0.25, -0.2) is 0 Å². The van der Waals surface area contributed by atoms with Crippen LogP contribution in [0, 0.1) is 0 Å². The minimum Gasteiger partial charge on any atom is -0.0651 e. The van der Waals surface area contributed by atoms with E-state index in [0.717, 1.165) is 16.6 Å². The van der Waals surface area contributed by atoms with Gasteiger partial charge in [0.15, 0.2) is 0 Å². The summed E-state index contributed by atoms with van der Waals surface area (Å²) in [4.78, 5) is 0. The molecule has 0 aliphatic heterocycles. The summed E-state index contributed by atoms with van der Waals surface area (Å²) in [5, 5.41) is 2.82. The second-order valence-electron chi connectivity index (χ2n) is 8.42. The minimum absolute atomic E-state index is 0.884. The first kappa shape index (κ1) is 19.2. The fourth-order valence-electron chi connectivity index (χ4n) is 5.12. The smallest absolute Gasteiger partial charge is 0.0612 e. The Hall–Kier alpha value is -1.08. The molecule has 2 aromatic rings. The summed E-state index contributed by atoms with van der Waals surface area (Å²) in [6.45, 7) is 14.9. The highest BCUT2D eigenvalue weighted by Crippen LogP contribution is 2.45. The lowest BCUT2D eigenvalue weighted by atomic mass is 10.0. The van der Waals surface area contributed by atoms with Crippen molar-refractivity contribution in [1.29, 1.82) is 0 Å². The van der Waals surface area contributed by atoms with Gasteiger partial charge in [-0.05, 0) is 29.2 Å². The molecule has 0 saturated heterocycles. The molecular formula is C23H36Si. The van der Waals surface area contributed by atoms with E-state index in [4.69, 9.17) is 0 Å². The lowest BCUT2D eigenvalue weighted by molar-refractivity contribution is 0.730. The van der Waals surface area contributed by atoms with Gasteiger partial charge in [-0.1, -0.05) is 113 Å². The van der Waals surface area contributed by atoms with Crippen molar-refractivity contribution in [2.45, 2.75) is 83.5 Å². The third-order valence-electron chi connectivity index (χ3n) is 6.41. The summed E-state index contributed by atoms with van der Waals surface area (Å²) < 4.78 is 0. The Kier molecular flexibility index (Phi) is 6.68. The van der Waals surface area contributed by atoms with E-state index in [1.165, 1.54) is 41.6 Å². The molecular weight excluding hydrogens is 304 g/mol. The Morgan fingerprint density at radius 3 is 1.92 bits per heavy atom. The molecule has 0 atom stereocenters. The van der Waals surface area contributed by atoms with Crippen LogP contribution in [0.15, 0.2) is 42.5 Å². The van der Waals surface area contributed by atoms with Gasteiger partial charge in [-0.3, -0.25) is 0 Å². The average Bonchev–Trinajstić information content (AvgIpc) is 2.54. The lowest BCUT2D eigenvalue weighted by Gasteiger charge is -2.43. The largest absolute Gasteiger partial charge is 0.0651 e. The molecule has 0 heterocycles. The van der Waals surface area contributed by atoms with E-state index in [-0.39, 0.29) is 0 Å². The van der Waals surface area contributed by atoms with E-state index in [1.54, 1.807) is 0 Å². The quantitative estimate of drug-likeness (QED) is 0.339. The highest BCUT2D eigenvalue weighted by atomic mass is 28.3. The summed E-state index contributed by atoms with van der Waals surface area (Å²) in [5.74, 6) is 0. The summed E-state index contributed by atoms with van der Waals surface area (Å²) in [5.41, 5.74) is 4.18. The maximum absolute atomic E-state index is 2.48. The van der Waals surface area contributed by atoms with Gasteiger partial charge in [0.2, 0.25) is 0 Å². The lowest BCUT2D eigenvalue weighted by Crippen LogP contribution is -2.44. The van der Waals surface area contributed by atoms with Crippen molar-refractivity contribution < 1.29 is 0 Å². The first-order chi connectivity index (χ1) is 11.4. The van der Waals surface area contributed by atoms with Crippen molar-refractivity contribution in [3.63, 3.8) is 0 Å². The van der Waals surface area contributed by atoms with E-state index < -0.39 is 8.07 Å². The zero-order valence-electron chi connectivity index (χ0n) is 16.6. The maximum Gasteiger partial charge on any atom is 0.0612 e. The number of hydrogen-bond donors (Lipinski definition) is 0. The molecule has 0 fully saturated rings. The van der Waals surface area contributed by atoms with Gasteiger partial charge in [-0.2, -0.15) is 0 Å². The van der Waals surface area contributed by atoms with Crippen molar-refractivity contribution in [2.75, 3.05) is 0 Å². The van der Waals surface area contributed by atoms with Gasteiger partial charge in [0, 0.05) is 0 Å². The van der Waals surface area contributed by atoms with Crippen molar-refractivity contribution in [3.05, 3.63) is 48.0 Å². The molecule has 1 heteroatoms. The fourth-order valence-corrected chi connectivity index (χ4v) is 11.7. The molecule has 2 aromatic carbocycles. The van der Waals surface area contributed by atoms with E-state index >= 15 is 0 Å². The summed E-state index contributed by atoms with van der Waals surface area (Å²) in [6.07, 6.45) is 3.94. The molecule has 0 radical (unpaired) electrons. The van der Waals surface area contributed by atoms with E-state index in [1.807, 2.05) is 0 Å². The number of aryl methyl sites for hydroxylation is 1. The third-order valence-corrected chi connectivity index (χ3v) is 14.1. The summed E-state index contributed by atoms with van der Waals surface area (Å²) >= 11 is 0. The average molecular weight is 341 g/mol. The molecule has 0 aliphatic carbocycles. The van der Waals surface area contributed by atoms with Crippen molar-refractivity contribution in [1.82, 2.24) is 0 Å². The van der Waals surface area contributed by atoms with Crippen LogP contribution in [0.5, 0.6) is 0 Å². The number of rotatable bonds is 8. The predicted molar refractivity (Wildman–Crippen MR) is 113 cm³/mol. The molecule has 0 N–H and O–H groups in total. The zero-order chi connectivity index (χ0) is 17.7. The molecule has 0 bridgehead atoms. The molecule has 0 nitrogen and oxygen atoms in total. The molecule has 0 aromatic heterocycles. The molecule has 2 rings (SSSR count). The highest BCUT2D eigenvalue weighted by molar-refractivity contribution is 6.83. The number of benzene rings is 2. The molecule has 0 aliphatic rings. The Bertz CT molecular complexity index is 612. The molecule has 0 spiro atoms. The summed E-state index contributed by atoms with van der Waals surface area (Å²) in [7, 11) is -1.22. The fraction of sp³-hybridized carbons (Fsp3) is 0.565. The van der Waals surface area contributed by atoms with Gasteiger partial charge < -0.3 is 0 Å². The Morgan fingerprint density at radius 1 is 0.708 bits per heavy atom. The number of fused-ring (bicyclic) bond motifs is 1. The SMILES string of the molecule is CC(C)[Si](CCCCc1cccc2ccccc12)(C(C)C)C(C)C. The van der Waals surface area contributed by atoms with E-state index in [2.05, 4.69) is 84.0 Å². The van der Waals surface area contributed by atoms with Gasteiger partial charge >= 0.3 is 0 Å². The monoisotopic (exact) mass is 340 g/mol. The molecule has 0 unspecified atom stereocenters. The Morgan fingerprint density at radius 2 is 1.29 bits per heavy atom. The van der Waals surface area contributed by atoms with E-state index in [0.29, 0.717) is 0 Å². The Labute approximate surface area is 150 Å². The normalized spacial score (nSPS) is 12.7.